The Kier molecular flexibility index (Phi) is 2.66. The summed E-state index contributed by atoms with van der Waals surface area (Å²) in [5.41, 5.74) is 0. The number of hydrogen-bond acceptors (Lipinski definition) is 2. The Balaban J connectivity index is 1.78. The fraction of sp³-hybridized carbons (Fsp3) is 1.00. The van der Waals surface area contributed by atoms with Crippen molar-refractivity contribution in [3.63, 3.8) is 0 Å². The molecule has 1 saturated carbocycles. The Labute approximate surface area is 75.3 Å². The van der Waals surface area contributed by atoms with Gasteiger partial charge in [-0.15, -0.1) is 0 Å². The molecule has 0 aromatic rings. The predicted octanol–water partition coefficient (Wildman–Crippen LogP) is 1.08. The Morgan fingerprint density at radius 2 is 2.17 bits per heavy atom. The molecule has 1 atom stereocenters. The first kappa shape index (κ1) is 8.52. The molecule has 0 spiro atoms. The number of hydrogen-bond donors (Lipinski definition) is 1. The van der Waals surface area contributed by atoms with Crippen molar-refractivity contribution >= 4 is 0 Å². The minimum atomic E-state index is 0.843. The molecule has 0 radical (unpaired) electrons. The molecule has 2 heteroatoms. The van der Waals surface area contributed by atoms with E-state index in [0.29, 0.717) is 0 Å². The van der Waals surface area contributed by atoms with E-state index in [4.69, 9.17) is 0 Å². The summed E-state index contributed by atoms with van der Waals surface area (Å²) in [6.45, 7) is 7.35. The van der Waals surface area contributed by atoms with Gasteiger partial charge in [-0.25, -0.2) is 0 Å². The molecule has 0 amide bonds. The summed E-state index contributed by atoms with van der Waals surface area (Å²) >= 11 is 0. The smallest absolute Gasteiger partial charge is 0.0232 e. The predicted molar refractivity (Wildman–Crippen MR) is 51.2 cm³/mol. The van der Waals surface area contributed by atoms with Crippen LogP contribution in [0.4, 0.5) is 0 Å². The van der Waals surface area contributed by atoms with E-state index in [2.05, 4.69) is 17.1 Å². The van der Waals surface area contributed by atoms with Gasteiger partial charge in [-0.3, -0.25) is 4.90 Å². The van der Waals surface area contributed by atoms with Gasteiger partial charge in [0.05, 0.1) is 0 Å². The third-order valence-electron chi connectivity index (χ3n) is 3.15. The summed E-state index contributed by atoms with van der Waals surface area (Å²) in [5.74, 6) is 1.05. The molecule has 0 bridgehead atoms. The summed E-state index contributed by atoms with van der Waals surface area (Å²) in [6.07, 6.45) is 4.33. The van der Waals surface area contributed by atoms with Crippen LogP contribution in [0, 0.1) is 5.92 Å². The molecule has 1 heterocycles. The molecule has 0 aromatic carbocycles. The molecule has 0 aromatic heterocycles. The Hall–Kier alpha value is -0.0800. The summed E-state index contributed by atoms with van der Waals surface area (Å²) in [5, 5.41) is 3.44. The maximum absolute atomic E-state index is 3.44. The van der Waals surface area contributed by atoms with E-state index in [1.807, 2.05) is 0 Å². The quantitative estimate of drug-likeness (QED) is 0.676. The van der Waals surface area contributed by atoms with Gasteiger partial charge < -0.3 is 5.32 Å². The zero-order valence-electron chi connectivity index (χ0n) is 8.05. The lowest BCUT2D eigenvalue weighted by molar-refractivity contribution is 0.210. The molecule has 2 fully saturated rings. The summed E-state index contributed by atoms with van der Waals surface area (Å²) in [7, 11) is 0. The van der Waals surface area contributed by atoms with Gasteiger partial charge >= 0.3 is 0 Å². The van der Waals surface area contributed by atoms with Crippen LogP contribution in [0.25, 0.3) is 0 Å². The second-order valence-corrected chi connectivity index (χ2v) is 4.18. The molecule has 1 N–H and O–H groups in total. The monoisotopic (exact) mass is 168 g/mol. The van der Waals surface area contributed by atoms with Gasteiger partial charge in [0.25, 0.3) is 0 Å². The van der Waals surface area contributed by atoms with Crippen molar-refractivity contribution in [2.75, 3.05) is 26.2 Å². The van der Waals surface area contributed by atoms with Gasteiger partial charge in [0.2, 0.25) is 0 Å². The topological polar surface area (TPSA) is 15.3 Å². The molecule has 12 heavy (non-hydrogen) atoms. The third kappa shape index (κ3) is 1.99. The third-order valence-corrected chi connectivity index (χ3v) is 3.15. The Morgan fingerprint density at radius 3 is 2.67 bits per heavy atom. The first-order valence-electron chi connectivity index (χ1n) is 5.35. The van der Waals surface area contributed by atoms with Crippen LogP contribution in [-0.2, 0) is 0 Å². The van der Waals surface area contributed by atoms with Gasteiger partial charge in [-0.2, -0.15) is 0 Å². The van der Waals surface area contributed by atoms with Crippen molar-refractivity contribution in [2.24, 2.45) is 5.92 Å². The molecular weight excluding hydrogens is 148 g/mol. The maximum Gasteiger partial charge on any atom is 0.0232 e. The molecule has 2 rings (SSSR count). The fourth-order valence-corrected chi connectivity index (χ4v) is 2.12. The molecule has 1 aliphatic heterocycles. The van der Waals surface area contributed by atoms with Gasteiger partial charge in [-0.05, 0) is 38.3 Å². The summed E-state index contributed by atoms with van der Waals surface area (Å²) in [4.78, 5) is 2.66. The number of likely N-dealkylation sites (N-methyl/N-ethyl adjacent to an activating group) is 1. The molecule has 2 nitrogen and oxygen atoms in total. The average Bonchev–Trinajstić information content (AvgIpc) is 2.74. The highest BCUT2D eigenvalue weighted by atomic mass is 15.2. The van der Waals surface area contributed by atoms with Crippen LogP contribution in [0.1, 0.15) is 26.2 Å². The normalized spacial score (nSPS) is 30.0. The van der Waals surface area contributed by atoms with Gasteiger partial charge in [0.15, 0.2) is 0 Å². The second-order valence-electron chi connectivity index (χ2n) is 4.18. The van der Waals surface area contributed by atoms with E-state index in [1.54, 1.807) is 0 Å². The van der Waals surface area contributed by atoms with Crippen molar-refractivity contribution in [1.82, 2.24) is 10.2 Å². The van der Waals surface area contributed by atoms with Crippen LogP contribution >= 0.6 is 0 Å². The van der Waals surface area contributed by atoms with Crippen LogP contribution < -0.4 is 5.32 Å². The zero-order chi connectivity index (χ0) is 8.39. The van der Waals surface area contributed by atoms with Crippen LogP contribution in [0.5, 0.6) is 0 Å². The SMILES string of the molecule is CCN(CC1CC1)C1CCNC1. The van der Waals surface area contributed by atoms with E-state index in [-0.39, 0.29) is 0 Å². The van der Waals surface area contributed by atoms with Crippen molar-refractivity contribution in [1.29, 1.82) is 0 Å². The van der Waals surface area contributed by atoms with Gasteiger partial charge in [0.1, 0.15) is 0 Å². The lowest BCUT2D eigenvalue weighted by Crippen LogP contribution is -2.38. The minimum Gasteiger partial charge on any atom is -0.315 e. The van der Waals surface area contributed by atoms with Crippen molar-refractivity contribution < 1.29 is 0 Å². The standard InChI is InChI=1S/C10H20N2/c1-2-12(8-9-3-4-9)10-5-6-11-7-10/h9-11H,2-8H2,1H3. The lowest BCUT2D eigenvalue weighted by atomic mass is 10.2. The minimum absolute atomic E-state index is 0.843. The highest BCUT2D eigenvalue weighted by molar-refractivity contribution is 4.84. The lowest BCUT2D eigenvalue weighted by Gasteiger charge is -2.26. The average molecular weight is 168 g/mol. The van der Waals surface area contributed by atoms with Gasteiger partial charge in [-0.1, -0.05) is 6.92 Å². The number of nitrogens with zero attached hydrogens (tertiary/aromatic N) is 1. The first-order valence-corrected chi connectivity index (χ1v) is 5.35. The molecule has 1 unspecified atom stereocenters. The van der Waals surface area contributed by atoms with E-state index in [9.17, 15) is 0 Å². The first-order chi connectivity index (χ1) is 5.90. The van der Waals surface area contributed by atoms with Crippen LogP contribution in [0.15, 0.2) is 0 Å². The van der Waals surface area contributed by atoms with Crippen LogP contribution in [-0.4, -0.2) is 37.1 Å². The van der Waals surface area contributed by atoms with Crippen molar-refractivity contribution in [3.8, 4) is 0 Å². The van der Waals surface area contributed by atoms with Crippen molar-refractivity contribution in [2.45, 2.75) is 32.2 Å². The summed E-state index contributed by atoms with van der Waals surface area (Å²) < 4.78 is 0. The molecule has 70 valence electrons. The Bertz CT molecular complexity index is 137. The fourth-order valence-electron chi connectivity index (χ4n) is 2.12. The molecular formula is C10H20N2. The highest BCUT2D eigenvalue weighted by Crippen LogP contribution is 2.30. The second kappa shape index (κ2) is 3.75. The van der Waals surface area contributed by atoms with E-state index in [1.165, 1.54) is 45.4 Å². The maximum atomic E-state index is 3.44. The summed E-state index contributed by atoms with van der Waals surface area (Å²) in [6, 6.07) is 0.843. The molecule has 1 aliphatic carbocycles. The largest absolute Gasteiger partial charge is 0.315 e. The van der Waals surface area contributed by atoms with Crippen LogP contribution in [0.3, 0.4) is 0 Å². The Morgan fingerprint density at radius 1 is 1.33 bits per heavy atom. The molecule has 1 saturated heterocycles. The number of rotatable bonds is 4. The van der Waals surface area contributed by atoms with Gasteiger partial charge in [0, 0.05) is 19.1 Å². The van der Waals surface area contributed by atoms with Crippen LogP contribution in [0.2, 0.25) is 0 Å². The van der Waals surface area contributed by atoms with Crippen molar-refractivity contribution in [3.05, 3.63) is 0 Å². The molecule has 2 aliphatic rings. The highest BCUT2D eigenvalue weighted by Gasteiger charge is 2.28. The van der Waals surface area contributed by atoms with E-state index < -0.39 is 0 Å². The number of nitrogens with one attached hydrogen (secondary N) is 1. The zero-order valence-corrected chi connectivity index (χ0v) is 8.05. The van der Waals surface area contributed by atoms with E-state index in [0.717, 1.165) is 12.0 Å². The van der Waals surface area contributed by atoms with E-state index >= 15 is 0 Å².